The van der Waals surface area contributed by atoms with Gasteiger partial charge in [-0.3, -0.25) is 4.79 Å². The minimum absolute atomic E-state index is 0.207. The molecule has 0 aromatic heterocycles. The fourth-order valence-corrected chi connectivity index (χ4v) is 1.20. The van der Waals surface area contributed by atoms with Crippen molar-refractivity contribution in [2.75, 3.05) is 19.7 Å². The van der Waals surface area contributed by atoms with E-state index in [-0.39, 0.29) is 12.1 Å². The highest BCUT2D eigenvalue weighted by Gasteiger charge is 2.20. The van der Waals surface area contributed by atoms with Crippen molar-refractivity contribution in [3.05, 3.63) is 0 Å². The summed E-state index contributed by atoms with van der Waals surface area (Å²) in [6, 6.07) is 0. The molecule has 1 unspecified atom stereocenters. The fraction of sp³-hybridized carbons (Fsp3) is 0.875. The number of carbonyl (C=O) groups excluding carboxylic acids is 1. The molecule has 4 heteroatoms. The Balaban J connectivity index is 2.30. The summed E-state index contributed by atoms with van der Waals surface area (Å²) in [4.78, 5) is 15.5. The number of hydrogen-bond donors (Lipinski definition) is 0. The van der Waals surface area contributed by atoms with Crippen molar-refractivity contribution in [1.29, 1.82) is 0 Å². The van der Waals surface area contributed by atoms with Crippen LogP contribution in [0.1, 0.15) is 20.3 Å². The summed E-state index contributed by atoms with van der Waals surface area (Å²) in [6.07, 6.45) is 1.16. The van der Waals surface area contributed by atoms with E-state index in [2.05, 4.69) is 6.92 Å². The molecular weight excluding hydrogens is 158 g/mol. The molecule has 1 fully saturated rings. The molecule has 0 saturated carbocycles. The Morgan fingerprint density at radius 3 is 3.08 bits per heavy atom. The van der Waals surface area contributed by atoms with Crippen molar-refractivity contribution >= 4 is 5.97 Å². The molecule has 12 heavy (non-hydrogen) atoms. The van der Waals surface area contributed by atoms with E-state index in [1.54, 1.807) is 5.06 Å². The quantitative estimate of drug-likeness (QED) is 0.612. The molecule has 0 N–H and O–H groups in total. The van der Waals surface area contributed by atoms with Crippen molar-refractivity contribution in [3.63, 3.8) is 0 Å². The van der Waals surface area contributed by atoms with Gasteiger partial charge >= 0.3 is 5.97 Å². The van der Waals surface area contributed by atoms with Crippen LogP contribution in [-0.2, 0) is 14.4 Å². The third-order valence-corrected chi connectivity index (χ3v) is 1.81. The van der Waals surface area contributed by atoms with Crippen LogP contribution in [-0.4, -0.2) is 36.8 Å². The Morgan fingerprint density at radius 1 is 1.75 bits per heavy atom. The van der Waals surface area contributed by atoms with Crippen molar-refractivity contribution < 1.29 is 14.4 Å². The maximum Gasteiger partial charge on any atom is 0.322 e. The molecule has 1 atom stereocenters. The molecule has 70 valence electrons. The van der Waals surface area contributed by atoms with Crippen LogP contribution in [0, 0.1) is 0 Å². The van der Waals surface area contributed by atoms with E-state index in [4.69, 9.17) is 9.57 Å². The summed E-state index contributed by atoms with van der Waals surface area (Å²) < 4.78 is 5.41. The molecule has 1 aliphatic rings. The predicted molar refractivity (Wildman–Crippen MR) is 43.4 cm³/mol. The van der Waals surface area contributed by atoms with Gasteiger partial charge in [-0.2, -0.15) is 0 Å². The Bertz CT molecular complexity index is 160. The number of hydroxylamine groups is 2. The monoisotopic (exact) mass is 173 g/mol. The second-order valence-electron chi connectivity index (χ2n) is 2.87. The highest BCUT2D eigenvalue weighted by molar-refractivity contribution is 5.65. The summed E-state index contributed by atoms with van der Waals surface area (Å²) in [7, 11) is 0. The largest absolute Gasteiger partial charge is 0.375 e. The predicted octanol–water partition coefficient (Wildman–Crippen LogP) is 0.575. The summed E-state index contributed by atoms with van der Waals surface area (Å²) in [5, 5.41) is 1.67. The van der Waals surface area contributed by atoms with Crippen LogP contribution < -0.4 is 0 Å². The maximum atomic E-state index is 10.6. The minimum Gasteiger partial charge on any atom is -0.375 e. The molecule has 4 nitrogen and oxygen atoms in total. The third-order valence-electron chi connectivity index (χ3n) is 1.81. The topological polar surface area (TPSA) is 38.8 Å². The van der Waals surface area contributed by atoms with Gasteiger partial charge in [-0.1, -0.05) is 6.92 Å². The molecule has 0 spiro atoms. The molecule has 0 bridgehead atoms. The molecule has 1 rings (SSSR count). The number of morpholine rings is 1. The van der Waals surface area contributed by atoms with E-state index in [0.29, 0.717) is 19.7 Å². The maximum absolute atomic E-state index is 10.6. The average molecular weight is 173 g/mol. The summed E-state index contributed by atoms with van der Waals surface area (Å²) in [5.41, 5.74) is 0. The van der Waals surface area contributed by atoms with Crippen molar-refractivity contribution in [2.45, 2.75) is 26.4 Å². The van der Waals surface area contributed by atoms with Crippen LogP contribution in [0.3, 0.4) is 0 Å². The van der Waals surface area contributed by atoms with E-state index < -0.39 is 0 Å². The molecule has 1 heterocycles. The molecular formula is C8H15NO3. The van der Waals surface area contributed by atoms with Crippen LogP contribution >= 0.6 is 0 Å². The Hall–Kier alpha value is -0.610. The standard InChI is InChI=1S/C8H15NO3/c1-3-8-6-9(4-5-11-8)12-7(2)10/h8H,3-6H2,1-2H3. The minimum atomic E-state index is -0.258. The van der Waals surface area contributed by atoms with Crippen LogP contribution in [0.25, 0.3) is 0 Å². The zero-order valence-electron chi connectivity index (χ0n) is 7.58. The Morgan fingerprint density at radius 2 is 2.50 bits per heavy atom. The zero-order valence-corrected chi connectivity index (χ0v) is 7.58. The van der Waals surface area contributed by atoms with Crippen LogP contribution in [0.5, 0.6) is 0 Å². The van der Waals surface area contributed by atoms with E-state index in [9.17, 15) is 4.79 Å². The summed E-state index contributed by atoms with van der Waals surface area (Å²) >= 11 is 0. The number of ether oxygens (including phenoxy) is 1. The second-order valence-corrected chi connectivity index (χ2v) is 2.87. The first-order valence-electron chi connectivity index (χ1n) is 4.27. The molecule has 1 saturated heterocycles. The van der Waals surface area contributed by atoms with E-state index in [1.165, 1.54) is 6.92 Å². The smallest absolute Gasteiger partial charge is 0.322 e. The number of rotatable bonds is 2. The van der Waals surface area contributed by atoms with Gasteiger partial charge in [0.05, 0.1) is 25.8 Å². The number of nitrogens with zero attached hydrogens (tertiary/aromatic N) is 1. The lowest BCUT2D eigenvalue weighted by Crippen LogP contribution is -2.42. The molecule has 0 amide bonds. The SMILES string of the molecule is CCC1CN(OC(C)=O)CCO1. The van der Waals surface area contributed by atoms with Crippen molar-refractivity contribution in [3.8, 4) is 0 Å². The molecule has 1 aliphatic heterocycles. The van der Waals surface area contributed by atoms with Gasteiger partial charge in [0.15, 0.2) is 0 Å². The van der Waals surface area contributed by atoms with Gasteiger partial charge in [0.25, 0.3) is 0 Å². The van der Waals surface area contributed by atoms with Gasteiger partial charge in [0, 0.05) is 6.92 Å². The third kappa shape index (κ3) is 2.79. The lowest BCUT2D eigenvalue weighted by atomic mass is 10.2. The van der Waals surface area contributed by atoms with Gasteiger partial charge in [-0.15, -0.1) is 5.06 Å². The van der Waals surface area contributed by atoms with Gasteiger partial charge in [-0.25, -0.2) is 0 Å². The molecule has 0 aromatic carbocycles. The highest BCUT2D eigenvalue weighted by atomic mass is 16.7. The first kappa shape index (κ1) is 9.48. The molecule has 0 aromatic rings. The Labute approximate surface area is 72.4 Å². The summed E-state index contributed by atoms with van der Waals surface area (Å²) in [6.45, 7) is 5.48. The van der Waals surface area contributed by atoms with Gasteiger partial charge in [0.2, 0.25) is 0 Å². The average Bonchev–Trinajstić information content (AvgIpc) is 2.03. The second kappa shape index (κ2) is 4.42. The lowest BCUT2D eigenvalue weighted by molar-refractivity contribution is -0.213. The first-order chi connectivity index (χ1) is 5.72. The van der Waals surface area contributed by atoms with Gasteiger partial charge < -0.3 is 9.57 Å². The fourth-order valence-electron chi connectivity index (χ4n) is 1.20. The highest BCUT2D eigenvalue weighted by Crippen LogP contribution is 2.08. The van der Waals surface area contributed by atoms with Crippen LogP contribution in [0.2, 0.25) is 0 Å². The lowest BCUT2D eigenvalue weighted by Gasteiger charge is -2.30. The normalized spacial score (nSPS) is 25.3. The molecule has 0 radical (unpaired) electrons. The van der Waals surface area contributed by atoms with Crippen molar-refractivity contribution in [2.24, 2.45) is 0 Å². The van der Waals surface area contributed by atoms with E-state index in [1.807, 2.05) is 0 Å². The molecule has 0 aliphatic carbocycles. The van der Waals surface area contributed by atoms with E-state index in [0.717, 1.165) is 6.42 Å². The summed E-state index contributed by atoms with van der Waals surface area (Å²) in [5.74, 6) is -0.258. The van der Waals surface area contributed by atoms with E-state index >= 15 is 0 Å². The zero-order chi connectivity index (χ0) is 8.97. The van der Waals surface area contributed by atoms with Gasteiger partial charge in [-0.05, 0) is 6.42 Å². The van der Waals surface area contributed by atoms with Gasteiger partial charge in [0.1, 0.15) is 0 Å². The van der Waals surface area contributed by atoms with Crippen LogP contribution in [0.4, 0.5) is 0 Å². The van der Waals surface area contributed by atoms with Crippen molar-refractivity contribution in [1.82, 2.24) is 5.06 Å². The van der Waals surface area contributed by atoms with Crippen LogP contribution in [0.15, 0.2) is 0 Å². The Kier molecular flexibility index (Phi) is 3.49. The number of carbonyl (C=O) groups is 1. The first-order valence-corrected chi connectivity index (χ1v) is 4.27. The number of hydrogen-bond acceptors (Lipinski definition) is 4.